The number of likely N-dealkylation sites (tertiary alicyclic amines) is 1. The molecule has 0 aliphatic carbocycles. The number of aliphatic hydroxyl groups is 2. The van der Waals surface area contributed by atoms with Crippen molar-refractivity contribution in [2.75, 3.05) is 32.1 Å². The molecule has 0 saturated carbocycles. The minimum Gasteiger partial charge on any atom is -0.396 e. The van der Waals surface area contributed by atoms with Gasteiger partial charge in [-0.2, -0.15) is 5.10 Å². The summed E-state index contributed by atoms with van der Waals surface area (Å²) in [6.45, 7) is 1.95. The molecule has 3 aromatic heterocycles. The van der Waals surface area contributed by atoms with E-state index in [0.29, 0.717) is 23.1 Å². The maximum absolute atomic E-state index is 14.8. The Balaban J connectivity index is 1.37. The van der Waals surface area contributed by atoms with E-state index in [1.165, 1.54) is 10.7 Å². The second-order valence-electron chi connectivity index (χ2n) is 9.13. The number of fused-ring (bicyclic) bond motifs is 1. The first-order valence-electron chi connectivity index (χ1n) is 11.8. The molecule has 1 aliphatic rings. The molecule has 5 rings (SSSR count). The summed E-state index contributed by atoms with van der Waals surface area (Å²) in [5.41, 5.74) is 2.97. The number of hydrogen-bond donors (Lipinski definition) is 3. The zero-order valence-electron chi connectivity index (χ0n) is 19.6. The van der Waals surface area contributed by atoms with Gasteiger partial charge < -0.3 is 20.4 Å². The van der Waals surface area contributed by atoms with Gasteiger partial charge in [0.05, 0.1) is 35.8 Å². The van der Waals surface area contributed by atoms with Crippen LogP contribution in [-0.4, -0.2) is 61.6 Å². The molecule has 182 valence electrons. The second kappa shape index (κ2) is 10.1. The van der Waals surface area contributed by atoms with Gasteiger partial charge in [-0.25, -0.2) is 14.1 Å². The third-order valence-corrected chi connectivity index (χ3v) is 6.79. The number of halogens is 1. The van der Waals surface area contributed by atoms with Gasteiger partial charge >= 0.3 is 0 Å². The number of benzene rings is 1. The Kier molecular flexibility index (Phi) is 6.72. The molecule has 1 aliphatic heterocycles. The summed E-state index contributed by atoms with van der Waals surface area (Å²) in [5.74, 6) is 0.429. The maximum Gasteiger partial charge on any atom is 0.148 e. The molecule has 1 unspecified atom stereocenters. The van der Waals surface area contributed by atoms with Gasteiger partial charge in [-0.15, -0.1) is 0 Å². The number of rotatable bonds is 7. The van der Waals surface area contributed by atoms with Crippen molar-refractivity contribution in [3.8, 4) is 5.69 Å². The van der Waals surface area contributed by atoms with E-state index < -0.39 is 5.82 Å². The van der Waals surface area contributed by atoms with Crippen molar-refractivity contribution in [1.82, 2.24) is 24.6 Å². The third-order valence-electron chi connectivity index (χ3n) is 6.79. The zero-order chi connectivity index (χ0) is 24.4. The summed E-state index contributed by atoms with van der Waals surface area (Å²) < 4.78 is 16.4. The summed E-state index contributed by atoms with van der Waals surface area (Å²) in [4.78, 5) is 11.6. The molecule has 35 heavy (non-hydrogen) atoms. The smallest absolute Gasteiger partial charge is 0.148 e. The fourth-order valence-corrected chi connectivity index (χ4v) is 4.70. The Bertz CT molecular complexity index is 1320. The first kappa shape index (κ1) is 23.3. The van der Waals surface area contributed by atoms with Crippen molar-refractivity contribution in [3.63, 3.8) is 0 Å². The molecule has 9 heteroatoms. The Morgan fingerprint density at radius 1 is 1.11 bits per heavy atom. The second-order valence-corrected chi connectivity index (χ2v) is 9.13. The van der Waals surface area contributed by atoms with Crippen LogP contribution in [0.2, 0.25) is 0 Å². The van der Waals surface area contributed by atoms with E-state index in [1.807, 2.05) is 12.1 Å². The van der Waals surface area contributed by atoms with E-state index in [0.717, 1.165) is 42.5 Å². The van der Waals surface area contributed by atoms with Gasteiger partial charge in [0.2, 0.25) is 0 Å². The van der Waals surface area contributed by atoms with Gasteiger partial charge in [-0.1, -0.05) is 0 Å². The molecule has 1 atom stereocenters. The lowest BCUT2D eigenvalue weighted by atomic mass is 9.82. The Hall–Kier alpha value is -3.40. The lowest BCUT2D eigenvalue weighted by Crippen LogP contribution is -2.33. The molecule has 1 saturated heterocycles. The van der Waals surface area contributed by atoms with E-state index in [4.69, 9.17) is 4.98 Å². The van der Waals surface area contributed by atoms with Crippen LogP contribution in [0.4, 0.5) is 15.9 Å². The predicted octanol–water partition coefficient (Wildman–Crippen LogP) is 3.61. The highest BCUT2D eigenvalue weighted by Gasteiger charge is 2.27. The summed E-state index contributed by atoms with van der Waals surface area (Å²) in [6.07, 6.45) is 5.47. The molecule has 0 amide bonds. The van der Waals surface area contributed by atoms with Crippen LogP contribution in [-0.2, 0) is 6.61 Å². The Labute approximate surface area is 203 Å². The number of piperidine rings is 1. The van der Waals surface area contributed by atoms with Crippen LogP contribution in [0.25, 0.3) is 16.6 Å². The van der Waals surface area contributed by atoms with Crippen molar-refractivity contribution in [2.24, 2.45) is 5.92 Å². The quantitative estimate of drug-likeness (QED) is 0.375. The zero-order valence-corrected chi connectivity index (χ0v) is 19.6. The van der Waals surface area contributed by atoms with Crippen LogP contribution in [0.15, 0.2) is 54.9 Å². The summed E-state index contributed by atoms with van der Waals surface area (Å²) >= 11 is 0. The number of nitrogens with one attached hydrogen (secondary N) is 1. The first-order chi connectivity index (χ1) is 17.0. The molecule has 1 fully saturated rings. The lowest BCUT2D eigenvalue weighted by Gasteiger charge is -2.33. The first-order valence-corrected chi connectivity index (χ1v) is 11.8. The summed E-state index contributed by atoms with van der Waals surface area (Å²) in [5, 5.41) is 27.4. The predicted molar refractivity (Wildman–Crippen MR) is 132 cm³/mol. The number of aliphatic hydroxyl groups excluding tert-OH is 2. The molecule has 0 spiro atoms. The average molecular weight is 477 g/mol. The van der Waals surface area contributed by atoms with Crippen molar-refractivity contribution < 1.29 is 14.6 Å². The van der Waals surface area contributed by atoms with Crippen molar-refractivity contribution in [2.45, 2.75) is 25.4 Å². The summed E-state index contributed by atoms with van der Waals surface area (Å²) in [7, 11) is 2.13. The highest BCUT2D eigenvalue weighted by Crippen LogP contribution is 2.32. The topological polar surface area (TPSA) is 99.3 Å². The normalized spacial score (nSPS) is 16.0. The largest absolute Gasteiger partial charge is 0.396 e. The van der Waals surface area contributed by atoms with Gasteiger partial charge in [-0.3, -0.25) is 4.98 Å². The van der Waals surface area contributed by atoms with Crippen LogP contribution >= 0.6 is 0 Å². The minimum atomic E-state index is -0.449. The van der Waals surface area contributed by atoms with E-state index in [2.05, 4.69) is 27.3 Å². The van der Waals surface area contributed by atoms with Crippen molar-refractivity contribution in [3.05, 3.63) is 72.1 Å². The van der Waals surface area contributed by atoms with Gasteiger partial charge in [0.1, 0.15) is 11.6 Å². The maximum atomic E-state index is 14.8. The van der Waals surface area contributed by atoms with Gasteiger partial charge in [0.15, 0.2) is 0 Å². The molecule has 4 heterocycles. The number of anilines is 2. The number of pyridine rings is 2. The van der Waals surface area contributed by atoms with Crippen LogP contribution in [0.5, 0.6) is 0 Å². The number of aromatic nitrogens is 4. The number of hydrogen-bond acceptors (Lipinski definition) is 7. The van der Waals surface area contributed by atoms with E-state index in [-0.39, 0.29) is 24.8 Å². The molecule has 0 bridgehead atoms. The molecule has 8 nitrogen and oxygen atoms in total. The Morgan fingerprint density at radius 3 is 2.66 bits per heavy atom. The monoisotopic (exact) mass is 476 g/mol. The standard InChI is InChI=1S/C26H29FN6O2/c1-32-9-6-17(7-10-32)21(16-35)23-4-2-18-14-28-26(13-25(18)29-23)30-24-5-3-20(12-22(24)27)33-11-8-19(15-34)31-33/h2-5,8,11-14,17,21,34-35H,6-7,9-10,15-16H2,1H3,(H,28,30). The molecular formula is C26H29FN6O2. The fraction of sp³-hybridized carbons (Fsp3) is 0.346. The third kappa shape index (κ3) is 5.02. The van der Waals surface area contributed by atoms with Gasteiger partial charge in [-0.05, 0) is 69.2 Å². The van der Waals surface area contributed by atoms with Crippen LogP contribution in [0.1, 0.15) is 30.1 Å². The molecular weight excluding hydrogens is 447 g/mol. The number of nitrogens with zero attached hydrogens (tertiary/aromatic N) is 5. The SMILES string of the molecule is CN1CCC(C(CO)c2ccc3cnc(Nc4ccc(-n5ccc(CO)n5)cc4F)cc3n2)CC1. The minimum absolute atomic E-state index is 0.00342. The molecule has 1 aromatic carbocycles. The Morgan fingerprint density at radius 2 is 1.94 bits per heavy atom. The summed E-state index contributed by atoms with van der Waals surface area (Å²) in [6, 6.07) is 12.2. The van der Waals surface area contributed by atoms with E-state index in [1.54, 1.807) is 36.7 Å². The average Bonchev–Trinajstić information content (AvgIpc) is 3.36. The lowest BCUT2D eigenvalue weighted by molar-refractivity contribution is 0.155. The van der Waals surface area contributed by atoms with Gasteiger partial charge in [0.25, 0.3) is 0 Å². The molecule has 3 N–H and O–H groups in total. The van der Waals surface area contributed by atoms with Crippen LogP contribution < -0.4 is 5.32 Å². The van der Waals surface area contributed by atoms with Crippen molar-refractivity contribution in [1.29, 1.82) is 0 Å². The molecule has 4 aromatic rings. The fourth-order valence-electron chi connectivity index (χ4n) is 4.70. The van der Waals surface area contributed by atoms with Crippen LogP contribution in [0.3, 0.4) is 0 Å². The van der Waals surface area contributed by atoms with Crippen LogP contribution in [0, 0.1) is 11.7 Å². The molecule has 0 radical (unpaired) electrons. The highest BCUT2D eigenvalue weighted by atomic mass is 19.1. The van der Waals surface area contributed by atoms with Gasteiger partial charge in [0, 0.05) is 41.5 Å². The van der Waals surface area contributed by atoms with E-state index >= 15 is 0 Å². The van der Waals surface area contributed by atoms with E-state index in [9.17, 15) is 14.6 Å². The highest BCUT2D eigenvalue weighted by molar-refractivity contribution is 5.81. The van der Waals surface area contributed by atoms with Crippen molar-refractivity contribution >= 4 is 22.4 Å².